The van der Waals surface area contributed by atoms with Crippen molar-refractivity contribution in [3.05, 3.63) is 35.1 Å². The molecule has 106 valence electrons. The Hall–Kier alpha value is -0.930. The van der Waals surface area contributed by atoms with Gasteiger partial charge in [-0.3, -0.25) is 0 Å². The Labute approximate surface area is 116 Å². The molecule has 0 atom stereocenters. The van der Waals surface area contributed by atoms with Crippen LogP contribution in [0.3, 0.4) is 0 Å². The summed E-state index contributed by atoms with van der Waals surface area (Å²) < 4.78 is 13.1. The highest BCUT2D eigenvalue weighted by molar-refractivity contribution is 5.26. The molecule has 1 heterocycles. The van der Waals surface area contributed by atoms with Gasteiger partial charge in [0.2, 0.25) is 0 Å². The molecule has 2 nitrogen and oxygen atoms in total. The minimum absolute atomic E-state index is 0.143. The summed E-state index contributed by atoms with van der Waals surface area (Å²) in [6, 6.07) is 5.00. The van der Waals surface area contributed by atoms with E-state index in [1.807, 2.05) is 13.0 Å². The van der Waals surface area contributed by atoms with E-state index >= 15 is 0 Å². The lowest BCUT2D eigenvalue weighted by Crippen LogP contribution is -2.32. The summed E-state index contributed by atoms with van der Waals surface area (Å²) in [4.78, 5) is 2.55. The van der Waals surface area contributed by atoms with Crippen LogP contribution in [0.4, 0.5) is 4.39 Å². The average molecular weight is 264 g/mol. The van der Waals surface area contributed by atoms with E-state index in [4.69, 9.17) is 0 Å². The molecule has 0 aromatic heterocycles. The molecule has 0 amide bonds. The second-order valence-corrected chi connectivity index (χ2v) is 5.50. The van der Waals surface area contributed by atoms with Gasteiger partial charge in [-0.05, 0) is 75.6 Å². The molecule has 1 aliphatic rings. The first-order valence-electron chi connectivity index (χ1n) is 7.44. The van der Waals surface area contributed by atoms with Crippen molar-refractivity contribution < 1.29 is 4.39 Å². The van der Waals surface area contributed by atoms with E-state index in [0.717, 1.165) is 24.2 Å². The van der Waals surface area contributed by atoms with Gasteiger partial charge < -0.3 is 10.2 Å². The van der Waals surface area contributed by atoms with Gasteiger partial charge in [-0.1, -0.05) is 12.5 Å². The Morgan fingerprint density at radius 2 is 2.00 bits per heavy atom. The third-order valence-electron chi connectivity index (χ3n) is 3.90. The van der Waals surface area contributed by atoms with Crippen LogP contribution in [0, 0.1) is 12.7 Å². The second kappa shape index (κ2) is 7.61. The van der Waals surface area contributed by atoms with Gasteiger partial charge >= 0.3 is 0 Å². The first-order valence-corrected chi connectivity index (χ1v) is 7.44. The standard InChI is InChI=1S/C16H25FN2/c1-14-6-7-16(17)12-15(14)13-18-8-5-11-19-9-3-2-4-10-19/h6-7,12,18H,2-5,8-11,13H2,1H3. The highest BCUT2D eigenvalue weighted by Crippen LogP contribution is 2.10. The normalized spacial score (nSPS) is 16.7. The molecule has 2 rings (SSSR count). The molecule has 19 heavy (non-hydrogen) atoms. The van der Waals surface area contributed by atoms with Crippen molar-refractivity contribution in [2.24, 2.45) is 0 Å². The van der Waals surface area contributed by atoms with Crippen LogP contribution < -0.4 is 5.32 Å². The van der Waals surface area contributed by atoms with Crippen molar-refractivity contribution in [1.82, 2.24) is 10.2 Å². The maximum Gasteiger partial charge on any atom is 0.123 e. The molecule has 0 unspecified atom stereocenters. The summed E-state index contributed by atoms with van der Waals surface area (Å²) in [6.07, 6.45) is 5.29. The van der Waals surface area contributed by atoms with Gasteiger partial charge in [-0.2, -0.15) is 0 Å². The number of nitrogens with zero attached hydrogens (tertiary/aromatic N) is 1. The van der Waals surface area contributed by atoms with Crippen molar-refractivity contribution >= 4 is 0 Å². The predicted octanol–water partition coefficient (Wildman–Crippen LogP) is 3.10. The number of nitrogens with one attached hydrogen (secondary N) is 1. The number of hydrogen-bond acceptors (Lipinski definition) is 2. The van der Waals surface area contributed by atoms with Crippen LogP contribution in [-0.4, -0.2) is 31.1 Å². The highest BCUT2D eigenvalue weighted by atomic mass is 19.1. The number of hydrogen-bond donors (Lipinski definition) is 1. The van der Waals surface area contributed by atoms with Gasteiger partial charge in [0.25, 0.3) is 0 Å². The Morgan fingerprint density at radius 1 is 1.21 bits per heavy atom. The average Bonchev–Trinajstić information content (AvgIpc) is 2.43. The van der Waals surface area contributed by atoms with Crippen molar-refractivity contribution in [2.45, 2.75) is 39.2 Å². The second-order valence-electron chi connectivity index (χ2n) is 5.50. The minimum atomic E-state index is -0.143. The third kappa shape index (κ3) is 4.92. The molecule has 0 bridgehead atoms. The van der Waals surface area contributed by atoms with Crippen molar-refractivity contribution in [3.63, 3.8) is 0 Å². The topological polar surface area (TPSA) is 15.3 Å². The SMILES string of the molecule is Cc1ccc(F)cc1CNCCCN1CCCCC1. The molecule has 0 aliphatic carbocycles. The van der Waals surface area contributed by atoms with Crippen LogP contribution in [0.1, 0.15) is 36.8 Å². The summed E-state index contributed by atoms with van der Waals surface area (Å²) in [5, 5.41) is 3.42. The monoisotopic (exact) mass is 264 g/mol. The van der Waals surface area contributed by atoms with Crippen molar-refractivity contribution in [3.8, 4) is 0 Å². The molecule has 0 spiro atoms. The molecule has 1 aromatic rings. The molecule has 0 saturated carbocycles. The van der Waals surface area contributed by atoms with Gasteiger partial charge in [0, 0.05) is 6.54 Å². The molecule has 1 saturated heterocycles. The Bertz CT molecular complexity index is 386. The predicted molar refractivity (Wildman–Crippen MR) is 77.8 cm³/mol. The van der Waals surface area contributed by atoms with Crippen molar-refractivity contribution in [1.29, 1.82) is 0 Å². The van der Waals surface area contributed by atoms with E-state index in [-0.39, 0.29) is 5.82 Å². The lowest BCUT2D eigenvalue weighted by molar-refractivity contribution is 0.225. The largest absolute Gasteiger partial charge is 0.313 e. The van der Waals surface area contributed by atoms with E-state index in [0.29, 0.717) is 0 Å². The Kier molecular flexibility index (Phi) is 5.80. The van der Waals surface area contributed by atoms with Crippen LogP contribution in [0.15, 0.2) is 18.2 Å². The van der Waals surface area contributed by atoms with Crippen LogP contribution in [-0.2, 0) is 6.54 Å². The zero-order valence-corrected chi connectivity index (χ0v) is 11.9. The molecule has 1 N–H and O–H groups in total. The Morgan fingerprint density at radius 3 is 2.79 bits per heavy atom. The maximum absolute atomic E-state index is 13.1. The summed E-state index contributed by atoms with van der Waals surface area (Å²) in [7, 11) is 0. The fourth-order valence-corrected chi connectivity index (χ4v) is 2.66. The summed E-state index contributed by atoms with van der Waals surface area (Å²) >= 11 is 0. The molecule has 0 radical (unpaired) electrons. The van der Waals surface area contributed by atoms with E-state index in [2.05, 4.69) is 10.2 Å². The van der Waals surface area contributed by atoms with E-state index in [1.54, 1.807) is 6.07 Å². The molecular weight excluding hydrogens is 239 g/mol. The van der Waals surface area contributed by atoms with Gasteiger partial charge in [0.15, 0.2) is 0 Å². The van der Waals surface area contributed by atoms with E-state index in [9.17, 15) is 4.39 Å². The van der Waals surface area contributed by atoms with Crippen LogP contribution in [0.2, 0.25) is 0 Å². The fraction of sp³-hybridized carbons (Fsp3) is 0.625. The van der Waals surface area contributed by atoms with Crippen molar-refractivity contribution in [2.75, 3.05) is 26.2 Å². The van der Waals surface area contributed by atoms with E-state index in [1.165, 1.54) is 51.4 Å². The molecular formula is C16H25FN2. The van der Waals surface area contributed by atoms with Gasteiger partial charge in [-0.15, -0.1) is 0 Å². The summed E-state index contributed by atoms with van der Waals surface area (Å²) in [6.45, 7) is 7.53. The lowest BCUT2D eigenvalue weighted by Gasteiger charge is -2.26. The van der Waals surface area contributed by atoms with Crippen LogP contribution in [0.5, 0.6) is 0 Å². The smallest absolute Gasteiger partial charge is 0.123 e. The maximum atomic E-state index is 13.1. The van der Waals surface area contributed by atoms with Crippen LogP contribution >= 0.6 is 0 Å². The number of likely N-dealkylation sites (tertiary alicyclic amines) is 1. The quantitative estimate of drug-likeness (QED) is 0.794. The third-order valence-corrected chi connectivity index (χ3v) is 3.90. The van der Waals surface area contributed by atoms with Gasteiger partial charge in [-0.25, -0.2) is 4.39 Å². The van der Waals surface area contributed by atoms with E-state index < -0.39 is 0 Å². The number of rotatable bonds is 6. The molecule has 1 aliphatic heterocycles. The Balaban J connectivity index is 1.62. The summed E-state index contributed by atoms with van der Waals surface area (Å²) in [5.74, 6) is -0.143. The van der Waals surface area contributed by atoms with Gasteiger partial charge in [0.05, 0.1) is 0 Å². The molecule has 1 fully saturated rings. The lowest BCUT2D eigenvalue weighted by atomic mass is 10.1. The minimum Gasteiger partial charge on any atom is -0.313 e. The number of piperidine rings is 1. The zero-order chi connectivity index (χ0) is 13.5. The van der Waals surface area contributed by atoms with Crippen LogP contribution in [0.25, 0.3) is 0 Å². The highest BCUT2D eigenvalue weighted by Gasteiger charge is 2.08. The number of benzene rings is 1. The zero-order valence-electron chi connectivity index (χ0n) is 11.9. The fourth-order valence-electron chi connectivity index (χ4n) is 2.66. The number of halogens is 1. The number of aryl methyl sites for hydroxylation is 1. The molecule has 1 aromatic carbocycles. The first-order chi connectivity index (χ1) is 9.25. The molecule has 3 heteroatoms. The van der Waals surface area contributed by atoms with Gasteiger partial charge in [0.1, 0.15) is 5.82 Å². The summed E-state index contributed by atoms with van der Waals surface area (Å²) in [5.41, 5.74) is 2.22. The first kappa shape index (κ1) is 14.5.